The molecule has 0 unspecified atom stereocenters. The van der Waals surface area contributed by atoms with E-state index < -0.39 is 0 Å². The van der Waals surface area contributed by atoms with Crippen molar-refractivity contribution in [2.45, 2.75) is 19.4 Å². The lowest BCUT2D eigenvalue weighted by Gasteiger charge is -2.34. The Balaban J connectivity index is 1.85. The third-order valence-electron chi connectivity index (χ3n) is 4.57. The Morgan fingerprint density at radius 3 is 2.80 bits per heavy atom. The fourth-order valence-electron chi connectivity index (χ4n) is 3.08. The molecule has 1 aromatic carbocycles. The predicted octanol–water partition coefficient (Wildman–Crippen LogP) is 2.85. The first-order chi connectivity index (χ1) is 12.1. The lowest BCUT2D eigenvalue weighted by atomic mass is 10.1. The largest absolute Gasteiger partial charge is 0.336 e. The summed E-state index contributed by atoms with van der Waals surface area (Å²) in [5.41, 5.74) is 1.23. The highest BCUT2D eigenvalue weighted by molar-refractivity contribution is 7.12. The van der Waals surface area contributed by atoms with Crippen LogP contribution in [0.4, 0.5) is 5.69 Å². The number of rotatable bonds is 4. The molecule has 0 bridgehead atoms. The molecule has 5 nitrogen and oxygen atoms in total. The second-order valence-electron chi connectivity index (χ2n) is 6.17. The van der Waals surface area contributed by atoms with E-state index in [1.807, 2.05) is 34.5 Å². The van der Waals surface area contributed by atoms with Gasteiger partial charge < -0.3 is 15.1 Å². The molecule has 0 spiro atoms. The van der Waals surface area contributed by atoms with Gasteiger partial charge in [-0.15, -0.1) is 11.3 Å². The molecular weight excluding hydrogens is 334 g/mol. The fraction of sp³-hybridized carbons (Fsp3) is 0.368. The number of carbonyl (C=O) groups is 2. The zero-order valence-electron chi connectivity index (χ0n) is 14.6. The Morgan fingerprint density at radius 1 is 1.28 bits per heavy atom. The van der Waals surface area contributed by atoms with Gasteiger partial charge in [0.25, 0.3) is 11.8 Å². The summed E-state index contributed by atoms with van der Waals surface area (Å²) < 4.78 is 0. The molecule has 3 rings (SSSR count). The van der Waals surface area contributed by atoms with Crippen molar-refractivity contribution in [1.82, 2.24) is 10.2 Å². The number of carbonyl (C=O) groups excluding carboxylic acids is 2. The SMILES string of the molecule is CC[C@@H]1CN(C(=O)c2ccccc2N(C)C(=O)c2cccs2)CCN1. The molecule has 1 aliphatic rings. The van der Waals surface area contributed by atoms with E-state index in [4.69, 9.17) is 0 Å². The smallest absolute Gasteiger partial charge is 0.268 e. The zero-order chi connectivity index (χ0) is 17.8. The summed E-state index contributed by atoms with van der Waals surface area (Å²) in [6.45, 7) is 4.31. The molecule has 25 heavy (non-hydrogen) atoms. The highest BCUT2D eigenvalue weighted by atomic mass is 32.1. The third kappa shape index (κ3) is 3.75. The molecule has 6 heteroatoms. The minimum absolute atomic E-state index is 0.0126. The molecule has 1 aromatic heterocycles. The molecule has 1 atom stereocenters. The first-order valence-corrected chi connectivity index (χ1v) is 9.43. The summed E-state index contributed by atoms with van der Waals surface area (Å²) in [5.74, 6) is -0.108. The van der Waals surface area contributed by atoms with Crippen LogP contribution in [0.15, 0.2) is 41.8 Å². The van der Waals surface area contributed by atoms with Gasteiger partial charge in [0.1, 0.15) is 0 Å². The van der Waals surface area contributed by atoms with E-state index in [1.54, 1.807) is 24.1 Å². The number of hydrogen-bond donors (Lipinski definition) is 1. The summed E-state index contributed by atoms with van der Waals surface area (Å²) in [7, 11) is 1.72. The summed E-state index contributed by atoms with van der Waals surface area (Å²) in [6.07, 6.45) is 0.988. The lowest BCUT2D eigenvalue weighted by molar-refractivity contribution is 0.0702. The number of amides is 2. The average Bonchev–Trinajstić information content (AvgIpc) is 3.21. The summed E-state index contributed by atoms with van der Waals surface area (Å²) in [5, 5.41) is 5.30. The van der Waals surface area contributed by atoms with Crippen LogP contribution in [0, 0.1) is 0 Å². The molecule has 1 fully saturated rings. The maximum absolute atomic E-state index is 13.1. The van der Waals surface area contributed by atoms with Crippen molar-refractivity contribution >= 4 is 28.8 Å². The van der Waals surface area contributed by atoms with Gasteiger partial charge in [-0.2, -0.15) is 0 Å². The van der Waals surface area contributed by atoms with Gasteiger partial charge in [0, 0.05) is 32.7 Å². The minimum Gasteiger partial charge on any atom is -0.336 e. The Bertz CT molecular complexity index is 745. The molecule has 1 N–H and O–H groups in total. The maximum atomic E-state index is 13.1. The van der Waals surface area contributed by atoms with Crippen molar-refractivity contribution in [2.75, 3.05) is 31.6 Å². The van der Waals surface area contributed by atoms with Crippen LogP contribution in [-0.2, 0) is 0 Å². The van der Waals surface area contributed by atoms with Gasteiger partial charge in [0.15, 0.2) is 0 Å². The van der Waals surface area contributed by atoms with Crippen LogP contribution in [0.5, 0.6) is 0 Å². The van der Waals surface area contributed by atoms with Crippen LogP contribution in [0.2, 0.25) is 0 Å². The standard InChI is InChI=1S/C19H23N3O2S/c1-3-14-13-22(11-10-20-14)18(23)15-7-4-5-8-16(15)21(2)19(24)17-9-6-12-25-17/h4-9,12,14,20H,3,10-11,13H2,1-2H3/t14-/m1/s1. The van der Waals surface area contributed by atoms with Crippen molar-refractivity contribution in [1.29, 1.82) is 0 Å². The Labute approximate surface area is 152 Å². The van der Waals surface area contributed by atoms with E-state index in [0.717, 1.165) is 13.0 Å². The number of nitrogens with zero attached hydrogens (tertiary/aromatic N) is 2. The van der Waals surface area contributed by atoms with E-state index in [-0.39, 0.29) is 11.8 Å². The monoisotopic (exact) mass is 357 g/mol. The number of nitrogens with one attached hydrogen (secondary N) is 1. The van der Waals surface area contributed by atoms with E-state index in [2.05, 4.69) is 12.2 Å². The second-order valence-corrected chi connectivity index (χ2v) is 7.12. The molecule has 2 aromatic rings. The number of hydrogen-bond acceptors (Lipinski definition) is 4. The van der Waals surface area contributed by atoms with Gasteiger partial charge >= 0.3 is 0 Å². The maximum Gasteiger partial charge on any atom is 0.268 e. The van der Waals surface area contributed by atoms with Crippen LogP contribution in [0.25, 0.3) is 0 Å². The molecule has 1 aliphatic heterocycles. The Hall–Kier alpha value is -2.18. The molecule has 2 heterocycles. The number of benzene rings is 1. The van der Waals surface area contributed by atoms with Crippen molar-refractivity contribution in [3.05, 3.63) is 52.2 Å². The predicted molar refractivity (Wildman–Crippen MR) is 101 cm³/mol. The first-order valence-electron chi connectivity index (χ1n) is 8.55. The Kier molecular flexibility index (Phi) is 5.50. The van der Waals surface area contributed by atoms with Crippen LogP contribution in [0.1, 0.15) is 33.4 Å². The molecule has 132 valence electrons. The molecule has 0 aliphatic carbocycles. The van der Waals surface area contributed by atoms with E-state index in [1.165, 1.54) is 11.3 Å². The van der Waals surface area contributed by atoms with E-state index in [0.29, 0.717) is 35.3 Å². The van der Waals surface area contributed by atoms with Gasteiger partial charge in [-0.25, -0.2) is 0 Å². The van der Waals surface area contributed by atoms with Gasteiger partial charge in [0.2, 0.25) is 0 Å². The molecule has 0 saturated carbocycles. The summed E-state index contributed by atoms with van der Waals surface area (Å²) in [6, 6.07) is 11.3. The number of piperazine rings is 1. The van der Waals surface area contributed by atoms with Gasteiger partial charge in [-0.1, -0.05) is 25.1 Å². The van der Waals surface area contributed by atoms with Crippen molar-refractivity contribution in [3.8, 4) is 0 Å². The van der Waals surface area contributed by atoms with Gasteiger partial charge in [-0.05, 0) is 30.0 Å². The fourth-order valence-corrected chi connectivity index (χ4v) is 3.77. The number of thiophene rings is 1. The average molecular weight is 357 g/mol. The van der Waals surface area contributed by atoms with Crippen molar-refractivity contribution < 1.29 is 9.59 Å². The zero-order valence-corrected chi connectivity index (χ0v) is 15.4. The molecule has 0 radical (unpaired) electrons. The van der Waals surface area contributed by atoms with Gasteiger partial charge in [0.05, 0.1) is 16.1 Å². The van der Waals surface area contributed by atoms with Crippen LogP contribution in [-0.4, -0.2) is 49.4 Å². The van der Waals surface area contributed by atoms with Crippen molar-refractivity contribution in [2.24, 2.45) is 0 Å². The second kappa shape index (κ2) is 7.80. The van der Waals surface area contributed by atoms with Crippen LogP contribution < -0.4 is 10.2 Å². The quantitative estimate of drug-likeness (QED) is 0.915. The van der Waals surface area contributed by atoms with E-state index in [9.17, 15) is 9.59 Å². The number of para-hydroxylation sites is 1. The van der Waals surface area contributed by atoms with Crippen LogP contribution in [0.3, 0.4) is 0 Å². The normalized spacial score (nSPS) is 17.4. The van der Waals surface area contributed by atoms with E-state index >= 15 is 0 Å². The number of anilines is 1. The minimum atomic E-state index is -0.0954. The first kappa shape index (κ1) is 17.6. The third-order valence-corrected chi connectivity index (χ3v) is 5.43. The van der Waals surface area contributed by atoms with Gasteiger partial charge in [-0.3, -0.25) is 9.59 Å². The highest BCUT2D eigenvalue weighted by Gasteiger charge is 2.26. The topological polar surface area (TPSA) is 52.7 Å². The molecular formula is C19H23N3O2S. The summed E-state index contributed by atoms with van der Waals surface area (Å²) >= 11 is 1.40. The highest BCUT2D eigenvalue weighted by Crippen LogP contribution is 2.24. The Morgan fingerprint density at radius 2 is 2.08 bits per heavy atom. The summed E-state index contributed by atoms with van der Waals surface area (Å²) in [4.78, 5) is 29.8. The molecule has 2 amide bonds. The molecule has 1 saturated heterocycles. The lowest BCUT2D eigenvalue weighted by Crippen LogP contribution is -2.52. The van der Waals surface area contributed by atoms with Crippen molar-refractivity contribution in [3.63, 3.8) is 0 Å². The van der Waals surface area contributed by atoms with Crippen LogP contribution >= 0.6 is 11.3 Å².